The number of hydrogen-bond acceptors (Lipinski definition) is 6. The van der Waals surface area contributed by atoms with Gasteiger partial charge in [-0.15, -0.1) is 0 Å². The molecule has 2 rings (SSSR count). The number of rotatable bonds is 3. The van der Waals surface area contributed by atoms with Crippen LogP contribution in [-0.2, 0) is 0 Å². The van der Waals surface area contributed by atoms with E-state index in [0.717, 1.165) is 38.6 Å². The minimum Gasteiger partial charge on any atom is -0.368 e. The van der Waals surface area contributed by atoms with Crippen molar-refractivity contribution in [2.45, 2.75) is 45.1 Å². The Morgan fingerprint density at radius 2 is 2.32 bits per heavy atom. The second-order valence-electron chi connectivity index (χ2n) is 4.80. The van der Waals surface area contributed by atoms with Gasteiger partial charge in [0.05, 0.1) is 4.92 Å². The maximum atomic E-state index is 11.1. The SMILES string of the molecule is CCC1CCCCCN1c1nc(N)ncc1[N+](=O)[O-]. The van der Waals surface area contributed by atoms with E-state index in [1.54, 1.807) is 0 Å². The fourth-order valence-corrected chi connectivity index (χ4v) is 2.60. The zero-order chi connectivity index (χ0) is 13.8. The molecule has 1 aromatic rings. The van der Waals surface area contributed by atoms with Crippen LogP contribution < -0.4 is 10.6 Å². The maximum absolute atomic E-state index is 11.1. The predicted molar refractivity (Wildman–Crippen MR) is 73.0 cm³/mol. The van der Waals surface area contributed by atoms with Gasteiger partial charge in [-0.3, -0.25) is 10.1 Å². The Hall–Kier alpha value is -1.92. The molecule has 1 aliphatic rings. The van der Waals surface area contributed by atoms with Gasteiger partial charge in [0.15, 0.2) is 0 Å². The molecule has 1 fully saturated rings. The molecule has 7 heteroatoms. The van der Waals surface area contributed by atoms with Crippen LogP contribution in [0.15, 0.2) is 6.20 Å². The number of nitrogens with zero attached hydrogens (tertiary/aromatic N) is 4. The van der Waals surface area contributed by atoms with E-state index >= 15 is 0 Å². The molecule has 7 nitrogen and oxygen atoms in total. The third kappa shape index (κ3) is 2.91. The Kier molecular flexibility index (Phi) is 4.13. The second kappa shape index (κ2) is 5.81. The van der Waals surface area contributed by atoms with Gasteiger partial charge in [-0.25, -0.2) is 4.98 Å². The average molecular weight is 265 g/mol. The van der Waals surface area contributed by atoms with Gasteiger partial charge in [0.2, 0.25) is 11.8 Å². The van der Waals surface area contributed by atoms with Crippen LogP contribution in [-0.4, -0.2) is 27.5 Å². The van der Waals surface area contributed by atoms with Crippen molar-refractivity contribution >= 4 is 17.5 Å². The summed E-state index contributed by atoms with van der Waals surface area (Å²) in [6.45, 7) is 2.88. The minimum absolute atomic E-state index is 0.0606. The Morgan fingerprint density at radius 1 is 1.53 bits per heavy atom. The molecule has 0 aliphatic carbocycles. The molecule has 1 saturated heterocycles. The van der Waals surface area contributed by atoms with Crippen molar-refractivity contribution in [3.05, 3.63) is 16.3 Å². The van der Waals surface area contributed by atoms with Crippen LogP contribution in [0, 0.1) is 10.1 Å². The van der Waals surface area contributed by atoms with E-state index in [4.69, 9.17) is 5.73 Å². The first-order valence-electron chi connectivity index (χ1n) is 6.67. The van der Waals surface area contributed by atoms with Gasteiger partial charge < -0.3 is 10.6 Å². The highest BCUT2D eigenvalue weighted by Gasteiger charge is 2.28. The summed E-state index contributed by atoms with van der Waals surface area (Å²) >= 11 is 0. The lowest BCUT2D eigenvalue weighted by Gasteiger charge is -2.29. The molecule has 0 radical (unpaired) electrons. The Bertz CT molecular complexity index is 465. The fraction of sp³-hybridized carbons (Fsp3) is 0.667. The highest BCUT2D eigenvalue weighted by molar-refractivity contribution is 5.59. The van der Waals surface area contributed by atoms with Crippen LogP contribution in [0.4, 0.5) is 17.5 Å². The molecule has 2 N–H and O–H groups in total. The molecule has 0 saturated carbocycles. The highest BCUT2D eigenvalue weighted by Crippen LogP contribution is 2.31. The number of anilines is 2. The molecule has 0 amide bonds. The maximum Gasteiger partial charge on any atom is 0.329 e. The van der Waals surface area contributed by atoms with Gasteiger partial charge in [0.25, 0.3) is 0 Å². The second-order valence-corrected chi connectivity index (χ2v) is 4.80. The predicted octanol–water partition coefficient (Wildman–Crippen LogP) is 2.13. The Morgan fingerprint density at radius 3 is 3.00 bits per heavy atom. The smallest absolute Gasteiger partial charge is 0.329 e. The molecule has 1 aromatic heterocycles. The molecule has 1 atom stereocenters. The number of aromatic nitrogens is 2. The molecular weight excluding hydrogens is 246 g/mol. The van der Waals surface area contributed by atoms with Crippen molar-refractivity contribution in [2.24, 2.45) is 0 Å². The van der Waals surface area contributed by atoms with Crippen LogP contribution in [0.1, 0.15) is 39.0 Å². The van der Waals surface area contributed by atoms with Gasteiger partial charge in [-0.1, -0.05) is 19.8 Å². The lowest BCUT2D eigenvalue weighted by atomic mass is 10.1. The molecule has 0 spiro atoms. The molecule has 104 valence electrons. The van der Waals surface area contributed by atoms with Crippen molar-refractivity contribution in [2.75, 3.05) is 17.2 Å². The lowest BCUT2D eigenvalue weighted by Crippen LogP contribution is -2.35. The molecule has 0 bridgehead atoms. The number of nitrogen functional groups attached to an aromatic ring is 1. The standard InChI is InChI=1S/C12H19N5O2/c1-2-9-6-4-3-5-7-16(9)11-10(17(18)19)8-14-12(13)15-11/h8-9H,2-7H2,1H3,(H2,13,14,15). The summed E-state index contributed by atoms with van der Waals surface area (Å²) in [6, 6.07) is 0.287. The summed E-state index contributed by atoms with van der Waals surface area (Å²) < 4.78 is 0. The zero-order valence-corrected chi connectivity index (χ0v) is 11.1. The topological polar surface area (TPSA) is 98.2 Å². The van der Waals surface area contributed by atoms with E-state index in [0.29, 0.717) is 5.82 Å². The summed E-state index contributed by atoms with van der Waals surface area (Å²) in [7, 11) is 0. The quantitative estimate of drug-likeness (QED) is 0.664. The van der Waals surface area contributed by atoms with Crippen LogP contribution in [0.2, 0.25) is 0 Å². The average Bonchev–Trinajstić information content (AvgIpc) is 2.63. The van der Waals surface area contributed by atoms with Crippen molar-refractivity contribution in [3.63, 3.8) is 0 Å². The van der Waals surface area contributed by atoms with Crippen LogP contribution >= 0.6 is 0 Å². The van der Waals surface area contributed by atoms with E-state index in [1.165, 1.54) is 6.20 Å². The van der Waals surface area contributed by atoms with Gasteiger partial charge in [0, 0.05) is 12.6 Å². The van der Waals surface area contributed by atoms with E-state index in [2.05, 4.69) is 16.9 Å². The summed E-state index contributed by atoms with van der Waals surface area (Å²) in [5.74, 6) is 0.450. The number of nitro groups is 1. The summed E-state index contributed by atoms with van der Waals surface area (Å²) in [6.07, 6.45) is 6.52. The lowest BCUT2D eigenvalue weighted by molar-refractivity contribution is -0.384. The summed E-state index contributed by atoms with van der Waals surface area (Å²) in [5.41, 5.74) is 5.53. The molecule has 1 unspecified atom stereocenters. The molecule has 19 heavy (non-hydrogen) atoms. The minimum atomic E-state index is -0.438. The monoisotopic (exact) mass is 265 g/mol. The van der Waals surface area contributed by atoms with Gasteiger partial charge in [-0.2, -0.15) is 4.98 Å². The van der Waals surface area contributed by atoms with Crippen LogP contribution in [0.25, 0.3) is 0 Å². The zero-order valence-electron chi connectivity index (χ0n) is 11.1. The van der Waals surface area contributed by atoms with E-state index in [9.17, 15) is 10.1 Å². The normalized spacial score (nSPS) is 20.1. The van der Waals surface area contributed by atoms with Crippen molar-refractivity contribution in [1.82, 2.24) is 9.97 Å². The van der Waals surface area contributed by atoms with Crippen molar-refractivity contribution < 1.29 is 4.92 Å². The first-order chi connectivity index (χ1) is 9.13. The molecule has 0 aromatic carbocycles. The third-order valence-electron chi connectivity index (χ3n) is 3.59. The first kappa shape index (κ1) is 13.5. The summed E-state index contributed by atoms with van der Waals surface area (Å²) in [5, 5.41) is 11.1. The third-order valence-corrected chi connectivity index (χ3v) is 3.59. The van der Waals surface area contributed by atoms with Gasteiger partial charge in [0.1, 0.15) is 6.20 Å². The molecular formula is C12H19N5O2. The fourth-order valence-electron chi connectivity index (χ4n) is 2.60. The van der Waals surface area contributed by atoms with E-state index in [-0.39, 0.29) is 17.7 Å². The molecule has 2 heterocycles. The van der Waals surface area contributed by atoms with Gasteiger partial charge in [-0.05, 0) is 19.3 Å². The highest BCUT2D eigenvalue weighted by atomic mass is 16.6. The largest absolute Gasteiger partial charge is 0.368 e. The first-order valence-corrected chi connectivity index (χ1v) is 6.67. The van der Waals surface area contributed by atoms with E-state index < -0.39 is 4.92 Å². The van der Waals surface area contributed by atoms with E-state index in [1.807, 2.05) is 4.90 Å². The van der Waals surface area contributed by atoms with Crippen LogP contribution in [0.5, 0.6) is 0 Å². The van der Waals surface area contributed by atoms with Crippen LogP contribution in [0.3, 0.4) is 0 Å². The number of nitrogens with two attached hydrogens (primary N) is 1. The van der Waals surface area contributed by atoms with Gasteiger partial charge >= 0.3 is 5.69 Å². The Labute approximate surface area is 112 Å². The van der Waals surface area contributed by atoms with Crippen molar-refractivity contribution in [1.29, 1.82) is 0 Å². The number of hydrogen-bond donors (Lipinski definition) is 1. The Balaban J connectivity index is 2.42. The van der Waals surface area contributed by atoms with Crippen molar-refractivity contribution in [3.8, 4) is 0 Å². The molecule has 1 aliphatic heterocycles. The summed E-state index contributed by atoms with van der Waals surface area (Å²) in [4.78, 5) is 20.5.